The molecule has 0 bridgehead atoms. The molecule has 3 heterocycles. The molecule has 0 N–H and O–H groups in total. The Morgan fingerprint density at radius 3 is 2.69 bits per heavy atom. The lowest BCUT2D eigenvalue weighted by Gasteiger charge is -2.22. The molecule has 150 valence electrons. The molecule has 7 heteroatoms. The number of benzene rings is 2. The van der Waals surface area contributed by atoms with Crippen molar-refractivity contribution < 1.29 is 14.3 Å². The summed E-state index contributed by atoms with van der Waals surface area (Å²) in [6.45, 7) is 2.82. The zero-order valence-electron chi connectivity index (χ0n) is 15.8. The standard InChI is InChI=1S/C22H20Cl2N2O3/c23-16-12-17(24)21-20-19(16)15-6-8-25(9-7-18(15)26(20)10-11-28-21)22(27)29-13-14-4-2-1-3-5-14/h1-5,12H,6-11,13H2. The van der Waals surface area contributed by atoms with E-state index < -0.39 is 0 Å². The first-order valence-corrected chi connectivity index (χ1v) is 10.5. The smallest absolute Gasteiger partial charge is 0.410 e. The molecule has 2 aliphatic heterocycles. The third-order valence-corrected chi connectivity index (χ3v) is 6.26. The van der Waals surface area contributed by atoms with Crippen LogP contribution in [0.3, 0.4) is 0 Å². The summed E-state index contributed by atoms with van der Waals surface area (Å²) in [6.07, 6.45) is 1.19. The van der Waals surface area contributed by atoms with Gasteiger partial charge in [-0.25, -0.2) is 4.79 Å². The van der Waals surface area contributed by atoms with Crippen molar-refractivity contribution in [2.24, 2.45) is 0 Å². The van der Waals surface area contributed by atoms with E-state index in [0.717, 1.165) is 35.9 Å². The highest BCUT2D eigenvalue weighted by Crippen LogP contribution is 2.44. The van der Waals surface area contributed by atoms with Crippen LogP contribution in [0.4, 0.5) is 4.79 Å². The van der Waals surface area contributed by atoms with Crippen molar-refractivity contribution in [2.45, 2.75) is 26.0 Å². The van der Waals surface area contributed by atoms with Gasteiger partial charge >= 0.3 is 6.09 Å². The average molecular weight is 431 g/mol. The molecule has 5 nitrogen and oxygen atoms in total. The van der Waals surface area contributed by atoms with Crippen LogP contribution >= 0.6 is 23.2 Å². The van der Waals surface area contributed by atoms with Crippen LogP contribution in [-0.4, -0.2) is 35.3 Å². The van der Waals surface area contributed by atoms with Crippen LogP contribution in [0.1, 0.15) is 16.8 Å². The van der Waals surface area contributed by atoms with Crippen molar-refractivity contribution in [2.75, 3.05) is 19.7 Å². The number of rotatable bonds is 2. The first-order chi connectivity index (χ1) is 14.1. The number of hydrogen-bond donors (Lipinski definition) is 0. The molecule has 0 unspecified atom stereocenters. The molecule has 3 aromatic rings. The molecule has 1 amide bonds. The highest BCUT2D eigenvalue weighted by molar-refractivity contribution is 6.40. The Bertz CT molecular complexity index is 1090. The van der Waals surface area contributed by atoms with Gasteiger partial charge in [0.1, 0.15) is 13.2 Å². The molecule has 0 saturated heterocycles. The lowest BCUT2D eigenvalue weighted by atomic mass is 10.1. The average Bonchev–Trinajstić information content (AvgIpc) is 2.90. The van der Waals surface area contributed by atoms with Gasteiger partial charge < -0.3 is 18.9 Å². The number of amides is 1. The van der Waals surface area contributed by atoms with Crippen LogP contribution < -0.4 is 4.74 Å². The van der Waals surface area contributed by atoms with Crippen molar-refractivity contribution in [3.05, 3.63) is 63.3 Å². The summed E-state index contributed by atoms with van der Waals surface area (Å²) >= 11 is 12.9. The number of nitrogens with zero attached hydrogens (tertiary/aromatic N) is 2. The Balaban J connectivity index is 1.40. The largest absolute Gasteiger partial charge is 0.488 e. The van der Waals surface area contributed by atoms with Crippen molar-refractivity contribution >= 4 is 40.2 Å². The van der Waals surface area contributed by atoms with Gasteiger partial charge in [-0.1, -0.05) is 53.5 Å². The van der Waals surface area contributed by atoms with Crippen LogP contribution in [0.15, 0.2) is 36.4 Å². The minimum atomic E-state index is -0.278. The molecule has 1 aromatic heterocycles. The van der Waals surface area contributed by atoms with E-state index >= 15 is 0 Å². The van der Waals surface area contributed by atoms with Crippen molar-refractivity contribution in [3.63, 3.8) is 0 Å². The summed E-state index contributed by atoms with van der Waals surface area (Å²) in [6, 6.07) is 11.5. The van der Waals surface area contributed by atoms with E-state index in [1.54, 1.807) is 11.0 Å². The van der Waals surface area contributed by atoms with E-state index in [0.29, 0.717) is 35.5 Å². The van der Waals surface area contributed by atoms with Crippen LogP contribution in [0.2, 0.25) is 10.0 Å². The number of fused-ring (bicyclic) bond motifs is 3. The topological polar surface area (TPSA) is 43.7 Å². The van der Waals surface area contributed by atoms with E-state index in [-0.39, 0.29) is 12.7 Å². The van der Waals surface area contributed by atoms with Gasteiger partial charge in [-0.2, -0.15) is 0 Å². The number of halogens is 2. The Morgan fingerprint density at radius 1 is 1.07 bits per heavy atom. The number of carbonyl (C=O) groups is 1. The molecule has 0 aliphatic carbocycles. The monoisotopic (exact) mass is 430 g/mol. The summed E-state index contributed by atoms with van der Waals surface area (Å²) in [5, 5.41) is 2.18. The first-order valence-electron chi connectivity index (χ1n) is 9.74. The molecule has 0 fully saturated rings. The second-order valence-electron chi connectivity index (χ2n) is 7.35. The van der Waals surface area contributed by atoms with E-state index in [9.17, 15) is 4.79 Å². The molecule has 2 aliphatic rings. The van der Waals surface area contributed by atoms with Gasteiger partial charge in [-0.3, -0.25) is 0 Å². The highest BCUT2D eigenvalue weighted by Gasteiger charge is 2.30. The number of carbonyl (C=O) groups excluding carboxylic acids is 1. The fraction of sp³-hybridized carbons (Fsp3) is 0.318. The maximum absolute atomic E-state index is 12.6. The van der Waals surface area contributed by atoms with Gasteiger partial charge in [-0.15, -0.1) is 0 Å². The van der Waals surface area contributed by atoms with Crippen molar-refractivity contribution in [1.29, 1.82) is 0 Å². The highest BCUT2D eigenvalue weighted by atomic mass is 35.5. The van der Waals surface area contributed by atoms with Crippen LogP contribution in [0.5, 0.6) is 5.75 Å². The maximum Gasteiger partial charge on any atom is 0.410 e. The van der Waals surface area contributed by atoms with Gasteiger partial charge in [-0.05, 0) is 23.6 Å². The third-order valence-electron chi connectivity index (χ3n) is 5.68. The lowest BCUT2D eigenvalue weighted by molar-refractivity contribution is 0.0976. The molecule has 29 heavy (non-hydrogen) atoms. The predicted molar refractivity (Wildman–Crippen MR) is 113 cm³/mol. The Kier molecular flexibility index (Phi) is 4.80. The summed E-state index contributed by atoms with van der Waals surface area (Å²) < 4.78 is 13.6. The van der Waals surface area contributed by atoms with Crippen molar-refractivity contribution in [3.8, 4) is 5.75 Å². The molecule has 0 radical (unpaired) electrons. The molecule has 0 spiro atoms. The van der Waals surface area contributed by atoms with Gasteiger partial charge in [0.2, 0.25) is 0 Å². The van der Waals surface area contributed by atoms with E-state index in [1.165, 1.54) is 11.3 Å². The van der Waals surface area contributed by atoms with Crippen LogP contribution in [-0.2, 0) is 30.7 Å². The van der Waals surface area contributed by atoms with Gasteiger partial charge in [0.15, 0.2) is 5.75 Å². The molecule has 2 aromatic carbocycles. The number of ether oxygens (including phenoxy) is 2. The summed E-state index contributed by atoms with van der Waals surface area (Å²) in [4.78, 5) is 14.4. The summed E-state index contributed by atoms with van der Waals surface area (Å²) in [7, 11) is 0. The minimum absolute atomic E-state index is 0.278. The summed E-state index contributed by atoms with van der Waals surface area (Å²) in [5.74, 6) is 0.713. The van der Waals surface area contributed by atoms with Gasteiger partial charge in [0.05, 0.1) is 22.1 Å². The van der Waals surface area contributed by atoms with Crippen LogP contribution in [0.25, 0.3) is 10.9 Å². The van der Waals surface area contributed by atoms with E-state index in [1.807, 2.05) is 30.3 Å². The first kappa shape index (κ1) is 18.6. The third kappa shape index (κ3) is 3.22. The lowest BCUT2D eigenvalue weighted by Crippen LogP contribution is -2.34. The quantitative estimate of drug-likeness (QED) is 0.569. The molecular formula is C22H20Cl2N2O3. The normalized spacial score (nSPS) is 15.6. The molecule has 0 saturated carbocycles. The Labute approximate surface area is 178 Å². The van der Waals surface area contributed by atoms with E-state index in [2.05, 4.69) is 4.57 Å². The summed E-state index contributed by atoms with van der Waals surface area (Å²) in [5.41, 5.74) is 4.37. The minimum Gasteiger partial charge on any atom is -0.488 e. The fourth-order valence-corrected chi connectivity index (χ4v) is 4.97. The fourth-order valence-electron chi connectivity index (χ4n) is 4.35. The van der Waals surface area contributed by atoms with Gasteiger partial charge in [0.25, 0.3) is 0 Å². The van der Waals surface area contributed by atoms with E-state index in [4.69, 9.17) is 32.7 Å². The predicted octanol–water partition coefficient (Wildman–Crippen LogP) is 5.08. The van der Waals surface area contributed by atoms with Crippen LogP contribution in [0, 0.1) is 0 Å². The number of aromatic nitrogens is 1. The van der Waals surface area contributed by atoms with Gasteiger partial charge in [0, 0.05) is 30.6 Å². The molecular weight excluding hydrogens is 411 g/mol. The zero-order chi connectivity index (χ0) is 20.0. The Hall–Kier alpha value is -2.37. The Morgan fingerprint density at radius 2 is 1.86 bits per heavy atom. The SMILES string of the molecule is O=C(OCc1ccccc1)N1CCc2c(n3c4c(c(Cl)cc(Cl)c24)OCC3)CC1. The number of hydrogen-bond acceptors (Lipinski definition) is 3. The maximum atomic E-state index is 12.6. The zero-order valence-corrected chi connectivity index (χ0v) is 17.3. The molecule has 5 rings (SSSR count). The second-order valence-corrected chi connectivity index (χ2v) is 8.16. The molecule has 0 atom stereocenters. The second kappa shape index (κ2) is 7.47. The van der Waals surface area contributed by atoms with Crippen molar-refractivity contribution in [1.82, 2.24) is 9.47 Å².